The van der Waals surface area contributed by atoms with Crippen molar-refractivity contribution in [1.29, 1.82) is 0 Å². The Bertz CT molecular complexity index is 1610. The minimum Gasteiger partial charge on any atom is -0.348 e. The van der Waals surface area contributed by atoms with Crippen molar-refractivity contribution in [1.82, 2.24) is 19.1 Å². The molecule has 0 spiro atoms. The first-order valence-corrected chi connectivity index (χ1v) is 14.2. The Hall–Kier alpha value is -3.00. The molecule has 0 atom stereocenters. The molecule has 0 unspecified atom stereocenters. The van der Waals surface area contributed by atoms with Gasteiger partial charge in [-0.15, -0.1) is 10.8 Å². The lowest BCUT2D eigenvalue weighted by Crippen LogP contribution is -2.45. The molecule has 13 heteroatoms. The van der Waals surface area contributed by atoms with E-state index in [2.05, 4.69) is 9.88 Å². The molecule has 0 bridgehead atoms. The van der Waals surface area contributed by atoms with E-state index in [4.69, 9.17) is 4.98 Å². The van der Waals surface area contributed by atoms with Crippen molar-refractivity contribution in [2.45, 2.75) is 25.3 Å². The third-order valence-corrected chi connectivity index (χ3v) is 10.0. The molecular formula is C23H25FN6O4S2. The van der Waals surface area contributed by atoms with E-state index in [1.807, 2.05) is 18.2 Å². The third-order valence-electron chi connectivity index (χ3n) is 6.99. The van der Waals surface area contributed by atoms with Gasteiger partial charge in [0, 0.05) is 38.8 Å². The zero-order valence-corrected chi connectivity index (χ0v) is 21.1. The highest BCUT2D eigenvalue weighted by atomic mass is 32.3. The molecule has 0 saturated carbocycles. The van der Waals surface area contributed by atoms with E-state index in [0.717, 1.165) is 38.2 Å². The molecule has 2 saturated heterocycles. The van der Waals surface area contributed by atoms with Crippen LogP contribution in [0.1, 0.15) is 25.3 Å². The smallest absolute Gasteiger partial charge is 0.318 e. The number of benzene rings is 1. The molecule has 0 amide bonds. The maximum absolute atomic E-state index is 13.8. The van der Waals surface area contributed by atoms with E-state index in [-0.39, 0.29) is 6.04 Å². The number of nitrogens with zero attached hydrogens (tertiary/aromatic N) is 6. The molecule has 0 radical (unpaired) electrons. The largest absolute Gasteiger partial charge is 0.348 e. The molecule has 3 aromatic heterocycles. The number of aryl methyl sites for hydroxylation is 1. The minimum atomic E-state index is -2.76. The topological polar surface area (TPSA) is 117 Å². The summed E-state index contributed by atoms with van der Waals surface area (Å²) < 4.78 is 39.7. The Balaban J connectivity index is 1.26. The zero-order chi connectivity index (χ0) is 25.2. The highest BCUT2D eigenvalue weighted by molar-refractivity contribution is 8.25. The van der Waals surface area contributed by atoms with E-state index < -0.39 is 27.7 Å². The number of aromatic nitrogens is 4. The number of rotatable bonds is 3. The maximum atomic E-state index is 13.8. The average molecular weight is 533 g/mol. The van der Waals surface area contributed by atoms with Crippen LogP contribution in [0, 0.1) is 5.82 Å². The van der Waals surface area contributed by atoms with Gasteiger partial charge in [0.15, 0.2) is 10.8 Å². The zero-order valence-electron chi connectivity index (χ0n) is 19.5. The Kier molecular flexibility index (Phi) is 5.55. The van der Waals surface area contributed by atoms with Gasteiger partial charge >= 0.3 is 11.1 Å². The number of pyridine rings is 1. The van der Waals surface area contributed by atoms with Crippen molar-refractivity contribution in [3.8, 4) is 0 Å². The summed E-state index contributed by atoms with van der Waals surface area (Å²) in [6.07, 6.45) is 3.02. The van der Waals surface area contributed by atoms with Crippen LogP contribution in [-0.2, 0) is 7.05 Å². The van der Waals surface area contributed by atoms with Gasteiger partial charge < -0.3 is 9.47 Å². The third kappa shape index (κ3) is 3.77. The summed E-state index contributed by atoms with van der Waals surface area (Å²) in [6.45, 7) is 1.87. The second-order valence-corrected chi connectivity index (χ2v) is 12.3. The number of anilines is 2. The monoisotopic (exact) mass is 532 g/mol. The molecule has 190 valence electrons. The Morgan fingerprint density at radius 1 is 1.11 bits per heavy atom. The lowest BCUT2D eigenvalue weighted by Gasteiger charge is -2.38. The van der Waals surface area contributed by atoms with Crippen LogP contribution in [0.5, 0.6) is 0 Å². The molecule has 0 aliphatic carbocycles. The molecule has 6 rings (SSSR count). The molecule has 5 heterocycles. The van der Waals surface area contributed by atoms with Crippen LogP contribution in [-0.4, -0.2) is 53.6 Å². The summed E-state index contributed by atoms with van der Waals surface area (Å²) in [6, 6.07) is 6.76. The fraction of sp³-hybridized carbons (Fsp3) is 0.391. The molecule has 4 aromatic rings. The number of thiazole rings is 1. The molecule has 2 aliphatic heterocycles. The molecule has 2 aliphatic rings. The molecule has 10 nitrogen and oxygen atoms in total. The molecule has 2 fully saturated rings. The standard InChI is InChI=1S/C23H25FN6O4S2/c1-27-18-11-14(24)13-25-20(18)30(22(32)21(27)31)15-5-8-28(9-6-15)23-26-17-12-16(3-4-19(17)35-23)29-7-2-10-36(29,33)34/h3-4,11-13,15,33-34H,2,5-10H2,1H3. The van der Waals surface area contributed by atoms with Gasteiger partial charge in [0.2, 0.25) is 0 Å². The summed E-state index contributed by atoms with van der Waals surface area (Å²) in [7, 11) is -1.31. The van der Waals surface area contributed by atoms with E-state index in [1.54, 1.807) is 15.6 Å². The van der Waals surface area contributed by atoms with Crippen LogP contribution < -0.4 is 20.3 Å². The number of piperidine rings is 1. The lowest BCUT2D eigenvalue weighted by atomic mass is 10.0. The first kappa shape index (κ1) is 23.4. The predicted molar refractivity (Wildman–Crippen MR) is 141 cm³/mol. The van der Waals surface area contributed by atoms with Gasteiger partial charge in [0.1, 0.15) is 5.82 Å². The molecule has 2 N–H and O–H groups in total. The summed E-state index contributed by atoms with van der Waals surface area (Å²) in [4.78, 5) is 36.5. The summed E-state index contributed by atoms with van der Waals surface area (Å²) in [5.74, 6) is -0.176. The Labute approximate surface area is 210 Å². The number of hydrogen-bond donors (Lipinski definition) is 2. The van der Waals surface area contributed by atoms with E-state index in [9.17, 15) is 23.1 Å². The SMILES string of the molecule is Cn1c(=O)c(=O)n(C2CCN(c3nc4cc(N5CCCS5(O)O)ccc4s3)CC2)c2ncc(F)cc21. The summed E-state index contributed by atoms with van der Waals surface area (Å²) in [5, 5.41) is 0.856. The van der Waals surface area contributed by atoms with Gasteiger partial charge in [-0.2, -0.15) is 0 Å². The predicted octanol–water partition coefficient (Wildman–Crippen LogP) is 3.56. The van der Waals surface area contributed by atoms with Gasteiger partial charge in [0.25, 0.3) is 0 Å². The van der Waals surface area contributed by atoms with Gasteiger partial charge in [-0.3, -0.25) is 27.6 Å². The normalized spacial score (nSPS) is 19.4. The van der Waals surface area contributed by atoms with Crippen LogP contribution in [0.3, 0.4) is 0 Å². The van der Waals surface area contributed by atoms with E-state index >= 15 is 0 Å². The van der Waals surface area contributed by atoms with Crippen molar-refractivity contribution in [3.63, 3.8) is 0 Å². The Morgan fingerprint density at radius 2 is 1.89 bits per heavy atom. The van der Waals surface area contributed by atoms with Gasteiger partial charge in [-0.1, -0.05) is 11.3 Å². The van der Waals surface area contributed by atoms with Crippen molar-refractivity contribution in [3.05, 3.63) is 57.0 Å². The van der Waals surface area contributed by atoms with Crippen LogP contribution >= 0.6 is 22.1 Å². The summed E-state index contributed by atoms with van der Waals surface area (Å²) in [5.41, 5.74) is 0.811. The van der Waals surface area contributed by atoms with Crippen LogP contribution in [0.2, 0.25) is 0 Å². The Morgan fingerprint density at radius 3 is 2.61 bits per heavy atom. The van der Waals surface area contributed by atoms with Gasteiger partial charge in [0.05, 0.1) is 33.4 Å². The van der Waals surface area contributed by atoms with Gasteiger partial charge in [-0.05, 0) is 37.5 Å². The highest BCUT2D eigenvalue weighted by Crippen LogP contribution is 2.51. The maximum Gasteiger partial charge on any atom is 0.318 e. The first-order chi connectivity index (χ1) is 17.2. The van der Waals surface area contributed by atoms with Crippen molar-refractivity contribution in [2.75, 3.05) is 34.6 Å². The van der Waals surface area contributed by atoms with Crippen LogP contribution in [0.4, 0.5) is 15.2 Å². The van der Waals surface area contributed by atoms with Crippen molar-refractivity contribution in [2.24, 2.45) is 7.05 Å². The van der Waals surface area contributed by atoms with E-state index in [0.29, 0.717) is 49.4 Å². The summed E-state index contributed by atoms with van der Waals surface area (Å²) >= 11 is 1.57. The minimum absolute atomic E-state index is 0.232. The highest BCUT2D eigenvalue weighted by Gasteiger charge is 2.30. The fourth-order valence-corrected chi connectivity index (χ4v) is 7.72. The first-order valence-electron chi connectivity index (χ1n) is 11.7. The van der Waals surface area contributed by atoms with Crippen molar-refractivity contribution >= 4 is 54.3 Å². The molecule has 1 aromatic carbocycles. The molecule has 36 heavy (non-hydrogen) atoms. The average Bonchev–Trinajstić information content (AvgIpc) is 3.45. The number of fused-ring (bicyclic) bond motifs is 2. The second-order valence-electron chi connectivity index (χ2n) is 9.19. The fourth-order valence-electron chi connectivity index (χ4n) is 5.11. The quantitative estimate of drug-likeness (QED) is 0.385. The lowest BCUT2D eigenvalue weighted by molar-refractivity contribution is 0.392. The van der Waals surface area contributed by atoms with Gasteiger partial charge in [-0.25, -0.2) is 14.4 Å². The second kappa shape index (κ2) is 8.54. The van der Waals surface area contributed by atoms with Crippen LogP contribution in [0.25, 0.3) is 21.4 Å². The van der Waals surface area contributed by atoms with E-state index in [1.165, 1.54) is 17.7 Å². The molecular weight excluding hydrogens is 507 g/mol. The number of halogens is 1. The van der Waals surface area contributed by atoms with Crippen molar-refractivity contribution < 1.29 is 13.5 Å². The number of hydrogen-bond acceptors (Lipinski definition) is 9. The van der Waals surface area contributed by atoms with Crippen LogP contribution in [0.15, 0.2) is 40.1 Å².